The summed E-state index contributed by atoms with van der Waals surface area (Å²) in [4.78, 5) is 12.2. The Balaban J connectivity index is 2.21. The largest absolute Gasteiger partial charge is 0.493 e. The molecule has 0 spiro atoms. The summed E-state index contributed by atoms with van der Waals surface area (Å²) in [5, 5.41) is 0.140. The van der Waals surface area contributed by atoms with Crippen LogP contribution < -0.4 is 4.74 Å². The molecule has 1 aromatic carbocycles. The SMILES string of the molecule is CCOc1ccccc1C(=O)C1CCCS1. The molecule has 0 N–H and O–H groups in total. The lowest BCUT2D eigenvalue weighted by Crippen LogP contribution is -2.15. The third-order valence-electron chi connectivity index (χ3n) is 2.67. The lowest BCUT2D eigenvalue weighted by atomic mass is 10.0. The fourth-order valence-corrected chi connectivity index (χ4v) is 3.14. The second kappa shape index (κ2) is 5.39. The molecule has 0 radical (unpaired) electrons. The highest BCUT2D eigenvalue weighted by Gasteiger charge is 2.26. The number of thioether (sulfide) groups is 1. The summed E-state index contributed by atoms with van der Waals surface area (Å²) in [6.07, 6.45) is 2.15. The van der Waals surface area contributed by atoms with E-state index < -0.39 is 0 Å². The van der Waals surface area contributed by atoms with E-state index >= 15 is 0 Å². The third kappa shape index (κ3) is 2.40. The van der Waals surface area contributed by atoms with E-state index in [1.54, 1.807) is 11.8 Å². The molecular weight excluding hydrogens is 220 g/mol. The van der Waals surface area contributed by atoms with E-state index in [4.69, 9.17) is 4.74 Å². The highest BCUT2D eigenvalue weighted by atomic mass is 32.2. The van der Waals surface area contributed by atoms with E-state index in [1.807, 2.05) is 31.2 Å². The molecule has 1 unspecified atom stereocenters. The Kier molecular flexibility index (Phi) is 3.88. The van der Waals surface area contributed by atoms with Crippen LogP contribution in [0.1, 0.15) is 30.1 Å². The van der Waals surface area contributed by atoms with Gasteiger partial charge in [0, 0.05) is 0 Å². The second-order valence-corrected chi connectivity index (χ2v) is 5.11. The highest BCUT2D eigenvalue weighted by Crippen LogP contribution is 2.31. The highest BCUT2D eigenvalue weighted by molar-refractivity contribution is 8.00. The summed E-state index contributed by atoms with van der Waals surface area (Å²) in [5.41, 5.74) is 0.740. The monoisotopic (exact) mass is 236 g/mol. The minimum absolute atomic E-state index is 0.140. The fraction of sp³-hybridized carbons (Fsp3) is 0.462. The number of ether oxygens (including phenoxy) is 1. The first-order chi connectivity index (χ1) is 7.83. The van der Waals surface area contributed by atoms with Crippen molar-refractivity contribution in [2.24, 2.45) is 0 Å². The van der Waals surface area contributed by atoms with Crippen LogP contribution in [0.2, 0.25) is 0 Å². The van der Waals surface area contributed by atoms with Crippen LogP contribution in [0.4, 0.5) is 0 Å². The molecule has 2 nitrogen and oxygen atoms in total. The maximum atomic E-state index is 12.2. The predicted octanol–water partition coefficient (Wildman–Crippen LogP) is 3.16. The average Bonchev–Trinajstić information content (AvgIpc) is 2.83. The Morgan fingerprint density at radius 1 is 1.50 bits per heavy atom. The van der Waals surface area contributed by atoms with Crippen molar-refractivity contribution in [1.82, 2.24) is 0 Å². The predicted molar refractivity (Wildman–Crippen MR) is 67.4 cm³/mol. The van der Waals surface area contributed by atoms with Crippen molar-refractivity contribution in [2.45, 2.75) is 25.0 Å². The van der Waals surface area contributed by atoms with Gasteiger partial charge in [0.15, 0.2) is 5.78 Å². The average molecular weight is 236 g/mol. The van der Waals surface area contributed by atoms with Gasteiger partial charge in [0.25, 0.3) is 0 Å². The number of carbonyl (C=O) groups excluding carboxylic acids is 1. The molecular formula is C13H16O2S. The topological polar surface area (TPSA) is 26.3 Å². The van der Waals surface area contributed by atoms with Crippen LogP contribution in [0, 0.1) is 0 Å². The molecule has 0 aromatic heterocycles. The smallest absolute Gasteiger partial charge is 0.179 e. The number of carbonyl (C=O) groups is 1. The number of rotatable bonds is 4. The number of para-hydroxylation sites is 1. The first-order valence-corrected chi connectivity index (χ1v) is 6.75. The van der Waals surface area contributed by atoms with Gasteiger partial charge in [-0.05, 0) is 37.7 Å². The normalized spacial score (nSPS) is 19.7. The van der Waals surface area contributed by atoms with Crippen molar-refractivity contribution >= 4 is 17.5 Å². The molecule has 0 amide bonds. The number of hydrogen-bond acceptors (Lipinski definition) is 3. The molecule has 1 atom stereocenters. The van der Waals surface area contributed by atoms with E-state index in [2.05, 4.69) is 0 Å². The fourth-order valence-electron chi connectivity index (χ4n) is 1.91. The number of benzene rings is 1. The molecule has 86 valence electrons. The quantitative estimate of drug-likeness (QED) is 0.751. The Morgan fingerprint density at radius 3 is 3.00 bits per heavy atom. The van der Waals surface area contributed by atoms with Gasteiger partial charge >= 0.3 is 0 Å². The van der Waals surface area contributed by atoms with Gasteiger partial charge in [-0.3, -0.25) is 4.79 Å². The van der Waals surface area contributed by atoms with Gasteiger partial charge in [0.05, 0.1) is 17.4 Å². The number of Topliss-reactive ketones (excluding diaryl/α,β-unsaturated/α-hetero) is 1. The number of ketones is 1. The Hall–Kier alpha value is -0.960. The third-order valence-corrected chi connectivity index (χ3v) is 4.05. The first-order valence-electron chi connectivity index (χ1n) is 5.70. The van der Waals surface area contributed by atoms with Crippen LogP contribution in [0.15, 0.2) is 24.3 Å². The van der Waals surface area contributed by atoms with Crippen LogP contribution >= 0.6 is 11.8 Å². The molecule has 1 saturated heterocycles. The lowest BCUT2D eigenvalue weighted by molar-refractivity contribution is 0.0985. The molecule has 0 aliphatic carbocycles. The van der Waals surface area contributed by atoms with Gasteiger partial charge in [-0.15, -0.1) is 0 Å². The van der Waals surface area contributed by atoms with E-state index in [0.717, 1.165) is 29.9 Å². The number of hydrogen-bond donors (Lipinski definition) is 0. The lowest BCUT2D eigenvalue weighted by Gasteiger charge is -2.12. The zero-order valence-corrected chi connectivity index (χ0v) is 10.3. The van der Waals surface area contributed by atoms with Crippen LogP contribution in [0.5, 0.6) is 5.75 Å². The maximum absolute atomic E-state index is 12.2. The molecule has 0 saturated carbocycles. The maximum Gasteiger partial charge on any atom is 0.179 e. The van der Waals surface area contributed by atoms with Gasteiger partial charge < -0.3 is 4.74 Å². The zero-order valence-electron chi connectivity index (χ0n) is 9.44. The zero-order chi connectivity index (χ0) is 11.4. The van der Waals surface area contributed by atoms with E-state index in [1.165, 1.54) is 0 Å². The molecule has 1 aliphatic heterocycles. The van der Waals surface area contributed by atoms with Crippen LogP contribution in [0.3, 0.4) is 0 Å². The van der Waals surface area contributed by atoms with E-state index in [9.17, 15) is 4.79 Å². The summed E-state index contributed by atoms with van der Waals surface area (Å²) in [6.45, 7) is 2.54. The summed E-state index contributed by atoms with van der Waals surface area (Å²) in [6, 6.07) is 7.54. The summed E-state index contributed by atoms with van der Waals surface area (Å²) in [5.74, 6) is 2.06. The summed E-state index contributed by atoms with van der Waals surface area (Å²) >= 11 is 1.77. The second-order valence-electron chi connectivity index (χ2n) is 3.80. The van der Waals surface area contributed by atoms with Gasteiger partial charge in [-0.1, -0.05) is 12.1 Å². The summed E-state index contributed by atoms with van der Waals surface area (Å²) in [7, 11) is 0. The summed E-state index contributed by atoms with van der Waals surface area (Å²) < 4.78 is 5.49. The van der Waals surface area contributed by atoms with E-state index in [0.29, 0.717) is 6.61 Å². The van der Waals surface area contributed by atoms with Crippen molar-refractivity contribution in [3.63, 3.8) is 0 Å². The van der Waals surface area contributed by atoms with Crippen molar-refractivity contribution in [2.75, 3.05) is 12.4 Å². The molecule has 1 fully saturated rings. The molecule has 1 aromatic rings. The van der Waals surface area contributed by atoms with Gasteiger partial charge in [0.2, 0.25) is 0 Å². The van der Waals surface area contributed by atoms with Crippen LogP contribution in [0.25, 0.3) is 0 Å². The van der Waals surface area contributed by atoms with Crippen molar-refractivity contribution in [3.8, 4) is 5.75 Å². The molecule has 2 rings (SSSR count). The van der Waals surface area contributed by atoms with Crippen LogP contribution in [-0.4, -0.2) is 23.4 Å². The first kappa shape index (κ1) is 11.5. The van der Waals surface area contributed by atoms with Crippen molar-refractivity contribution in [3.05, 3.63) is 29.8 Å². The Labute approximate surface area is 100 Å². The van der Waals surface area contributed by atoms with Crippen LogP contribution in [-0.2, 0) is 0 Å². The Bertz CT molecular complexity index is 370. The van der Waals surface area contributed by atoms with Crippen molar-refractivity contribution in [1.29, 1.82) is 0 Å². The molecule has 1 heterocycles. The van der Waals surface area contributed by atoms with E-state index in [-0.39, 0.29) is 11.0 Å². The minimum Gasteiger partial charge on any atom is -0.493 e. The van der Waals surface area contributed by atoms with Gasteiger partial charge in [-0.2, -0.15) is 11.8 Å². The molecule has 1 aliphatic rings. The molecule has 0 bridgehead atoms. The van der Waals surface area contributed by atoms with Gasteiger partial charge in [0.1, 0.15) is 5.75 Å². The van der Waals surface area contributed by atoms with Crippen molar-refractivity contribution < 1.29 is 9.53 Å². The standard InChI is InChI=1S/C13H16O2S/c1-2-15-11-7-4-3-6-10(11)13(14)12-8-5-9-16-12/h3-4,6-7,12H,2,5,8-9H2,1H3. The minimum atomic E-state index is 0.140. The molecule has 16 heavy (non-hydrogen) atoms. The van der Waals surface area contributed by atoms with Gasteiger partial charge in [-0.25, -0.2) is 0 Å². The Morgan fingerprint density at radius 2 is 2.31 bits per heavy atom. The molecule has 3 heteroatoms.